The Labute approximate surface area is 145 Å². The number of halogens is 1. The van der Waals surface area contributed by atoms with Crippen molar-refractivity contribution >= 4 is 27.7 Å². The average Bonchev–Trinajstić information content (AvgIpc) is 2.45. The van der Waals surface area contributed by atoms with E-state index in [9.17, 15) is 4.79 Å². The maximum atomic E-state index is 11.9. The van der Waals surface area contributed by atoms with Crippen LogP contribution in [0.1, 0.15) is 39.3 Å². The van der Waals surface area contributed by atoms with Crippen LogP contribution in [0.4, 0.5) is 10.5 Å². The minimum Gasteiger partial charge on any atom is -0.474 e. The molecule has 6 nitrogen and oxygen atoms in total. The molecule has 1 aliphatic rings. The Bertz CT molecular complexity index is 539. The van der Waals surface area contributed by atoms with Crippen LogP contribution in [-0.4, -0.2) is 36.0 Å². The molecular weight excluding hydrogens is 364 g/mol. The van der Waals surface area contributed by atoms with Gasteiger partial charge in [0.05, 0.1) is 24.6 Å². The van der Waals surface area contributed by atoms with Crippen molar-refractivity contribution in [1.82, 2.24) is 4.98 Å². The van der Waals surface area contributed by atoms with E-state index in [1.165, 1.54) is 0 Å². The number of hydrogen-bond acceptors (Lipinski definition) is 5. The molecule has 1 N–H and O–H groups in total. The van der Waals surface area contributed by atoms with Crippen LogP contribution in [0, 0.1) is 0 Å². The Hall–Kier alpha value is -1.34. The Balaban J connectivity index is 2.06. The SMILES string of the molecule is CC(C)(C)OC(=O)Nc1cc(CBr)nc(OC2CCOCC2)c1. The molecule has 1 aromatic heterocycles. The van der Waals surface area contributed by atoms with E-state index < -0.39 is 11.7 Å². The fourth-order valence-corrected chi connectivity index (χ4v) is 2.43. The predicted molar refractivity (Wildman–Crippen MR) is 91.2 cm³/mol. The first-order valence-corrected chi connectivity index (χ1v) is 8.79. The Morgan fingerprint density at radius 3 is 2.70 bits per heavy atom. The van der Waals surface area contributed by atoms with E-state index in [-0.39, 0.29) is 6.10 Å². The number of hydrogen-bond donors (Lipinski definition) is 1. The van der Waals surface area contributed by atoms with Crippen molar-refractivity contribution in [2.75, 3.05) is 18.5 Å². The zero-order chi connectivity index (χ0) is 16.9. The number of rotatable bonds is 4. The minimum atomic E-state index is -0.545. The second kappa shape index (κ2) is 7.97. The van der Waals surface area contributed by atoms with Crippen molar-refractivity contribution < 1.29 is 19.0 Å². The zero-order valence-corrected chi connectivity index (χ0v) is 15.3. The standard InChI is InChI=1S/C16H23BrN2O4/c1-16(2,3)23-15(20)19-11-8-12(10-17)18-14(9-11)22-13-4-6-21-7-5-13/h8-9,13H,4-7,10H2,1-3H3,(H,18,19,20). The van der Waals surface area contributed by atoms with Crippen molar-refractivity contribution in [2.45, 2.75) is 50.6 Å². The van der Waals surface area contributed by atoms with Crippen molar-refractivity contribution in [3.05, 3.63) is 17.8 Å². The Morgan fingerprint density at radius 1 is 1.39 bits per heavy atom. The van der Waals surface area contributed by atoms with Crippen LogP contribution >= 0.6 is 15.9 Å². The van der Waals surface area contributed by atoms with Gasteiger partial charge < -0.3 is 14.2 Å². The molecule has 23 heavy (non-hydrogen) atoms. The number of anilines is 1. The normalized spacial score (nSPS) is 16.0. The molecule has 2 rings (SSSR count). The zero-order valence-electron chi connectivity index (χ0n) is 13.7. The Morgan fingerprint density at radius 2 is 2.09 bits per heavy atom. The largest absolute Gasteiger partial charge is 0.474 e. The summed E-state index contributed by atoms with van der Waals surface area (Å²) in [6.07, 6.45) is 1.28. The van der Waals surface area contributed by atoms with Gasteiger partial charge >= 0.3 is 6.09 Å². The second-order valence-corrected chi connectivity index (χ2v) is 6.94. The highest BCUT2D eigenvalue weighted by Crippen LogP contribution is 2.23. The van der Waals surface area contributed by atoms with Crippen LogP contribution in [0.15, 0.2) is 12.1 Å². The lowest BCUT2D eigenvalue weighted by molar-refractivity contribution is 0.0237. The van der Waals surface area contributed by atoms with Gasteiger partial charge in [0.1, 0.15) is 11.7 Å². The molecule has 1 fully saturated rings. The quantitative estimate of drug-likeness (QED) is 0.794. The lowest BCUT2D eigenvalue weighted by Crippen LogP contribution is -2.27. The summed E-state index contributed by atoms with van der Waals surface area (Å²) in [5, 5.41) is 3.29. The van der Waals surface area contributed by atoms with E-state index in [1.807, 2.05) is 20.8 Å². The summed E-state index contributed by atoms with van der Waals surface area (Å²) in [6, 6.07) is 3.50. The van der Waals surface area contributed by atoms with E-state index >= 15 is 0 Å². The van der Waals surface area contributed by atoms with Gasteiger partial charge in [0, 0.05) is 24.2 Å². The Kier molecular flexibility index (Phi) is 6.24. The first-order valence-electron chi connectivity index (χ1n) is 7.67. The van der Waals surface area contributed by atoms with E-state index in [0.717, 1.165) is 18.5 Å². The highest BCUT2D eigenvalue weighted by Gasteiger charge is 2.19. The molecule has 0 aliphatic carbocycles. The van der Waals surface area contributed by atoms with E-state index in [2.05, 4.69) is 26.2 Å². The molecule has 0 saturated carbocycles. The molecular formula is C16H23BrN2O4. The molecule has 0 aromatic carbocycles. The number of ether oxygens (including phenoxy) is 3. The van der Waals surface area contributed by atoms with Crippen LogP contribution in [-0.2, 0) is 14.8 Å². The molecule has 7 heteroatoms. The van der Waals surface area contributed by atoms with Gasteiger partial charge in [-0.3, -0.25) is 5.32 Å². The van der Waals surface area contributed by atoms with Gasteiger partial charge in [0.2, 0.25) is 5.88 Å². The van der Waals surface area contributed by atoms with Crippen molar-refractivity contribution in [3.8, 4) is 5.88 Å². The first-order chi connectivity index (χ1) is 10.9. The lowest BCUT2D eigenvalue weighted by atomic mass is 10.1. The van der Waals surface area contributed by atoms with Crippen molar-refractivity contribution in [1.29, 1.82) is 0 Å². The molecule has 2 heterocycles. The topological polar surface area (TPSA) is 69.7 Å². The molecule has 128 valence electrons. The molecule has 0 radical (unpaired) electrons. The predicted octanol–water partition coefficient (Wildman–Crippen LogP) is 3.88. The second-order valence-electron chi connectivity index (χ2n) is 6.38. The number of amides is 1. The number of carbonyl (C=O) groups is 1. The minimum absolute atomic E-state index is 0.0937. The molecule has 1 aliphatic heterocycles. The van der Waals surface area contributed by atoms with Crippen LogP contribution in [0.3, 0.4) is 0 Å². The van der Waals surface area contributed by atoms with E-state index in [4.69, 9.17) is 14.2 Å². The van der Waals surface area contributed by atoms with Crippen LogP contribution < -0.4 is 10.1 Å². The van der Waals surface area contributed by atoms with E-state index in [1.54, 1.807) is 12.1 Å². The van der Waals surface area contributed by atoms with Crippen LogP contribution in [0.5, 0.6) is 5.88 Å². The number of alkyl halides is 1. The number of nitrogens with zero attached hydrogens (tertiary/aromatic N) is 1. The summed E-state index contributed by atoms with van der Waals surface area (Å²) in [5.74, 6) is 0.500. The van der Waals surface area contributed by atoms with Gasteiger partial charge in [-0.2, -0.15) is 0 Å². The summed E-state index contributed by atoms with van der Waals surface area (Å²) < 4.78 is 16.5. The molecule has 0 unspecified atom stereocenters. The van der Waals surface area contributed by atoms with Gasteiger partial charge in [-0.05, 0) is 26.8 Å². The smallest absolute Gasteiger partial charge is 0.412 e. The molecule has 1 aromatic rings. The van der Waals surface area contributed by atoms with Gasteiger partial charge in [-0.15, -0.1) is 0 Å². The molecule has 0 bridgehead atoms. The fraction of sp³-hybridized carbons (Fsp3) is 0.625. The maximum absolute atomic E-state index is 11.9. The highest BCUT2D eigenvalue weighted by molar-refractivity contribution is 9.08. The van der Waals surface area contributed by atoms with Crippen LogP contribution in [0.2, 0.25) is 0 Å². The summed E-state index contributed by atoms with van der Waals surface area (Å²) in [6.45, 7) is 6.87. The molecule has 0 spiro atoms. The number of nitrogens with one attached hydrogen (secondary N) is 1. The van der Waals surface area contributed by atoms with Gasteiger partial charge in [-0.25, -0.2) is 9.78 Å². The van der Waals surface area contributed by atoms with Crippen molar-refractivity contribution in [2.24, 2.45) is 0 Å². The third-order valence-electron chi connectivity index (χ3n) is 3.09. The molecule has 0 atom stereocenters. The summed E-state index contributed by atoms with van der Waals surface area (Å²) in [4.78, 5) is 16.3. The number of aromatic nitrogens is 1. The van der Waals surface area contributed by atoms with Gasteiger partial charge in [0.15, 0.2) is 0 Å². The van der Waals surface area contributed by atoms with Crippen molar-refractivity contribution in [3.63, 3.8) is 0 Å². The summed E-state index contributed by atoms with van der Waals surface area (Å²) in [7, 11) is 0. The summed E-state index contributed by atoms with van der Waals surface area (Å²) >= 11 is 3.38. The fourth-order valence-electron chi connectivity index (χ4n) is 2.15. The molecule has 1 amide bonds. The monoisotopic (exact) mass is 386 g/mol. The highest BCUT2D eigenvalue weighted by atomic mass is 79.9. The van der Waals surface area contributed by atoms with E-state index in [0.29, 0.717) is 30.1 Å². The number of carbonyl (C=O) groups excluding carboxylic acids is 1. The average molecular weight is 387 g/mol. The lowest BCUT2D eigenvalue weighted by Gasteiger charge is -2.23. The maximum Gasteiger partial charge on any atom is 0.412 e. The third-order valence-corrected chi connectivity index (χ3v) is 3.67. The van der Waals surface area contributed by atoms with Gasteiger partial charge in [-0.1, -0.05) is 15.9 Å². The third kappa shape index (κ3) is 6.35. The number of pyridine rings is 1. The van der Waals surface area contributed by atoms with Crippen LogP contribution in [0.25, 0.3) is 0 Å². The van der Waals surface area contributed by atoms with Gasteiger partial charge in [0.25, 0.3) is 0 Å². The molecule has 1 saturated heterocycles. The first kappa shape index (κ1) is 18.0. The summed E-state index contributed by atoms with van der Waals surface area (Å²) in [5.41, 5.74) is 0.836.